The molecule has 99 heavy (non-hydrogen) atoms. The molecule has 0 bridgehead atoms. The molecule has 17 nitrogen and oxygen atoms in total. The third-order valence-corrected chi connectivity index (χ3v) is 15.8. The highest BCUT2D eigenvalue weighted by Crippen LogP contribution is 2.39. The first-order valence-electron chi connectivity index (χ1n) is 33.2. The van der Waals surface area contributed by atoms with Crippen molar-refractivity contribution in [1.82, 2.24) is 0 Å². The zero-order valence-corrected chi connectivity index (χ0v) is 58.3. The van der Waals surface area contributed by atoms with E-state index >= 15 is 0 Å². The molecule has 5 aromatic rings. The van der Waals surface area contributed by atoms with Gasteiger partial charge in [0.25, 0.3) is 11.4 Å². The normalized spacial score (nSPS) is 11.8. The number of nitriles is 4. The number of rotatable bonds is 31. The number of halogens is 9. The van der Waals surface area contributed by atoms with Crippen molar-refractivity contribution in [2.75, 3.05) is 111 Å². The highest BCUT2D eigenvalue weighted by molar-refractivity contribution is 5.61. The van der Waals surface area contributed by atoms with Gasteiger partial charge >= 0.3 is 18.5 Å². The molecule has 6 rings (SSSR count). The summed E-state index contributed by atoms with van der Waals surface area (Å²) in [7, 11) is 3.17. The molecule has 0 N–H and O–H groups in total. The minimum atomic E-state index is -4.53. The molecule has 5 aromatic carbocycles. The van der Waals surface area contributed by atoms with Crippen LogP contribution < -0.4 is 24.5 Å². The summed E-state index contributed by atoms with van der Waals surface area (Å²) in [5.74, 6) is 0. The Morgan fingerprint density at radius 3 is 1.12 bits per heavy atom. The molecule has 0 aromatic heterocycles. The first kappa shape index (κ1) is 86.0. The average Bonchev–Trinajstić information content (AvgIpc) is 1.22. The summed E-state index contributed by atoms with van der Waals surface area (Å²) in [5.41, 5.74) is 0.640. The highest BCUT2D eigenvalue weighted by Gasteiger charge is 2.37. The maximum Gasteiger partial charge on any atom is 0.417 e. The van der Waals surface area contributed by atoms with Crippen molar-refractivity contribution >= 4 is 39.8 Å². The number of nitro groups is 2. The van der Waals surface area contributed by atoms with Crippen LogP contribution in [0.15, 0.2) is 104 Å². The fourth-order valence-electron chi connectivity index (χ4n) is 10.7. The van der Waals surface area contributed by atoms with E-state index < -0.39 is 40.1 Å². The Kier molecular flexibility index (Phi) is 38.9. The molecule has 1 fully saturated rings. The molecule has 1 aliphatic rings. The predicted molar refractivity (Wildman–Crippen MR) is 372 cm³/mol. The van der Waals surface area contributed by atoms with Crippen LogP contribution in [0.3, 0.4) is 0 Å². The lowest BCUT2D eigenvalue weighted by atomic mass is 10.1. The highest BCUT2D eigenvalue weighted by atomic mass is 19.4. The van der Waals surface area contributed by atoms with Gasteiger partial charge in [-0.05, 0) is 137 Å². The van der Waals surface area contributed by atoms with Gasteiger partial charge in [0.05, 0.1) is 74.6 Å². The molecular formula is C73H94F9N11O6. The van der Waals surface area contributed by atoms with Gasteiger partial charge < -0.3 is 34.0 Å². The van der Waals surface area contributed by atoms with Gasteiger partial charge in [-0.1, -0.05) is 79.7 Å². The number of unbranched alkanes of at least 4 members (excludes halogenated alkanes) is 3. The van der Waals surface area contributed by atoms with E-state index in [-0.39, 0.29) is 44.6 Å². The molecule has 0 atom stereocenters. The number of aryl methyl sites for hydroxylation is 1. The van der Waals surface area contributed by atoms with E-state index in [4.69, 9.17) is 30.5 Å². The lowest BCUT2D eigenvalue weighted by Crippen LogP contribution is -2.33. The maximum absolute atomic E-state index is 13.1. The number of nitrogens with zero attached hydrogens (tertiary/aromatic N) is 11. The topological polar surface area (TPSA) is 216 Å². The summed E-state index contributed by atoms with van der Waals surface area (Å²) >= 11 is 0. The van der Waals surface area contributed by atoms with Crippen LogP contribution in [0.1, 0.15) is 170 Å². The summed E-state index contributed by atoms with van der Waals surface area (Å²) in [4.78, 5) is 30.9. The minimum absolute atomic E-state index is 0.0843. The fourth-order valence-corrected chi connectivity index (χ4v) is 10.7. The lowest BCUT2D eigenvalue weighted by Gasteiger charge is -2.30. The Morgan fingerprint density at radius 1 is 0.475 bits per heavy atom. The summed E-state index contributed by atoms with van der Waals surface area (Å²) < 4.78 is 127. The van der Waals surface area contributed by atoms with Crippen LogP contribution >= 0.6 is 0 Å². The number of hydrogen-bond acceptors (Lipinski definition) is 15. The van der Waals surface area contributed by atoms with Gasteiger partial charge in [0, 0.05) is 125 Å². The van der Waals surface area contributed by atoms with E-state index in [0.29, 0.717) is 63.0 Å². The number of hydrogen-bond donors (Lipinski definition) is 0. The average molecular weight is 1390 g/mol. The molecule has 0 radical (unpaired) electrons. The molecule has 0 saturated heterocycles. The van der Waals surface area contributed by atoms with Crippen molar-refractivity contribution in [3.05, 3.63) is 168 Å². The summed E-state index contributed by atoms with van der Waals surface area (Å²) in [6, 6.07) is 28.6. The number of benzene rings is 5. The van der Waals surface area contributed by atoms with E-state index in [1.54, 1.807) is 81.8 Å². The first-order chi connectivity index (χ1) is 47.1. The Hall–Kier alpha value is -9.11. The van der Waals surface area contributed by atoms with Crippen molar-refractivity contribution in [2.24, 2.45) is 0 Å². The molecular weight excluding hydrogens is 1300 g/mol. The standard InChI is InChI=1S/C16H17F3N2.C15H19F3N2.C15H24N2O2.C14H17F3N2O.C13H17N3O3/c1-2-9-21(13-5-3-4-6-13)14-8-7-12(11-20)15(10-14)16(17,18)19;1-3-5-9-20(8-4-2)13-7-6-12(11-19)14(10-13)15(16,17)18;1-4-6-10-16(11-7-5-2)14-8-9-15(17(18)19)13(3)12-14;1-3-6-19(7-8-20-2)12-5-4-11(10-18)13(9-12)14(15,16)17;1-3-6-15(7-8-19-2)12-4-5-13(16(17)18)11(9-12)10-14/h2,7-8,10,13H,1,3-6,9H2;6-7,10H,3-5,8-9H2,1-2H3;8-9,12H,4-7,10-11H2,1-3H3;4-5,9H,3,6-8H2,1-2H3;4-5,9H,3,6-8H2,1-2H3. The van der Waals surface area contributed by atoms with Crippen molar-refractivity contribution in [2.45, 2.75) is 157 Å². The smallest absolute Gasteiger partial charge is 0.383 e. The predicted octanol–water partition coefficient (Wildman–Crippen LogP) is 19.2. The van der Waals surface area contributed by atoms with Gasteiger partial charge in [-0.2, -0.15) is 60.6 Å². The van der Waals surface area contributed by atoms with Crippen LogP contribution in [0.2, 0.25) is 0 Å². The molecule has 0 unspecified atom stereocenters. The van der Waals surface area contributed by atoms with Crippen LogP contribution in [-0.2, 0) is 28.0 Å². The fraction of sp³-hybridized carbons (Fsp3) is 0.507. The third-order valence-electron chi connectivity index (χ3n) is 15.8. The van der Waals surface area contributed by atoms with Crippen LogP contribution in [0.4, 0.5) is 79.3 Å². The second-order valence-corrected chi connectivity index (χ2v) is 23.2. The van der Waals surface area contributed by atoms with Crippen molar-refractivity contribution in [3.63, 3.8) is 0 Å². The zero-order valence-electron chi connectivity index (χ0n) is 58.3. The first-order valence-corrected chi connectivity index (χ1v) is 33.2. The molecule has 1 saturated carbocycles. The Morgan fingerprint density at radius 2 is 0.798 bits per heavy atom. The van der Waals surface area contributed by atoms with E-state index in [1.165, 1.54) is 24.3 Å². The molecule has 26 heteroatoms. The largest absolute Gasteiger partial charge is 0.417 e. The van der Waals surface area contributed by atoms with Crippen molar-refractivity contribution in [1.29, 1.82) is 21.0 Å². The Bertz CT molecular complexity index is 3360. The Labute approximate surface area is 577 Å². The zero-order chi connectivity index (χ0) is 74.3. The quantitative estimate of drug-likeness (QED) is 0.0174. The van der Waals surface area contributed by atoms with E-state index in [9.17, 15) is 59.7 Å². The van der Waals surface area contributed by atoms with Gasteiger partial charge in [-0.3, -0.25) is 20.2 Å². The second kappa shape index (κ2) is 44.7. The van der Waals surface area contributed by atoms with Gasteiger partial charge in [0.15, 0.2) is 0 Å². The minimum Gasteiger partial charge on any atom is -0.383 e. The van der Waals surface area contributed by atoms with Gasteiger partial charge in [-0.25, -0.2) is 0 Å². The molecule has 0 aliphatic heterocycles. The summed E-state index contributed by atoms with van der Waals surface area (Å²) in [6.45, 7) is 25.5. The van der Waals surface area contributed by atoms with E-state index in [1.807, 2.05) is 58.6 Å². The number of alkyl halides is 9. The Balaban J connectivity index is 0.000000421. The summed E-state index contributed by atoms with van der Waals surface area (Å²) in [5, 5.41) is 57.0. The lowest BCUT2D eigenvalue weighted by molar-refractivity contribution is -0.385. The number of methoxy groups -OCH3 is 2. The number of nitro benzene ring substituents is 2. The molecule has 0 amide bonds. The van der Waals surface area contributed by atoms with Crippen LogP contribution in [-0.4, -0.2) is 102 Å². The molecule has 0 heterocycles. The van der Waals surface area contributed by atoms with E-state index in [0.717, 1.165) is 145 Å². The van der Waals surface area contributed by atoms with Gasteiger partial charge in [-0.15, -0.1) is 6.58 Å². The second-order valence-electron chi connectivity index (χ2n) is 23.2. The SMILES string of the molecule is C=CCN(c1ccc(C#N)c(C(F)(F)F)c1)C1CCCC1.CCCCN(CCC)c1ccc(C#N)c(C(F)(F)F)c1.CCCCN(CCCC)c1ccc([N+](=O)[O-])c(C)c1.CCCN(CCOC)c1ccc(C#N)c(C(F)(F)F)c1.CCCN(CCOC)c1ccc([N+](=O)[O-])c(C#N)c1. The van der Waals surface area contributed by atoms with Gasteiger partial charge in [0.1, 0.15) is 11.6 Å². The number of anilines is 5. The third kappa shape index (κ3) is 28.7. The van der Waals surface area contributed by atoms with Crippen molar-refractivity contribution in [3.8, 4) is 24.3 Å². The number of ether oxygens (including phenoxy) is 2. The van der Waals surface area contributed by atoms with Crippen LogP contribution in [0.25, 0.3) is 0 Å². The monoisotopic (exact) mass is 1390 g/mol. The molecule has 1 aliphatic carbocycles. The maximum atomic E-state index is 13.1. The molecule has 540 valence electrons. The molecule has 0 spiro atoms. The van der Waals surface area contributed by atoms with Crippen LogP contribution in [0.5, 0.6) is 0 Å². The van der Waals surface area contributed by atoms with E-state index in [2.05, 4.69) is 32.3 Å². The summed E-state index contributed by atoms with van der Waals surface area (Å²) in [6.07, 6.45) is 1.49. The van der Waals surface area contributed by atoms with Gasteiger partial charge in [0.2, 0.25) is 0 Å². The van der Waals surface area contributed by atoms with Crippen LogP contribution in [0, 0.1) is 72.5 Å². The van der Waals surface area contributed by atoms with Crippen molar-refractivity contribution < 1.29 is 58.8 Å².